The molecule has 1 aliphatic carbocycles. The summed E-state index contributed by atoms with van der Waals surface area (Å²) in [4.78, 5) is 37.0. The van der Waals surface area contributed by atoms with Gasteiger partial charge in [-0.3, -0.25) is 9.59 Å². The fraction of sp³-hybridized carbons (Fsp3) is 0.542. The van der Waals surface area contributed by atoms with Gasteiger partial charge in [0.05, 0.1) is 18.7 Å². The van der Waals surface area contributed by atoms with E-state index in [0.717, 1.165) is 18.4 Å². The van der Waals surface area contributed by atoms with Crippen LogP contribution in [0, 0.1) is 5.92 Å². The van der Waals surface area contributed by atoms with Crippen LogP contribution in [-0.4, -0.2) is 86.6 Å². The summed E-state index contributed by atoms with van der Waals surface area (Å²) in [6, 6.07) is 6.32. The van der Waals surface area contributed by atoms with Crippen molar-refractivity contribution in [1.29, 1.82) is 0 Å². The fourth-order valence-electron chi connectivity index (χ4n) is 3.49. The predicted octanol–water partition coefficient (Wildman–Crippen LogP) is 0.189. The number of para-hydroxylation sites is 1. The Morgan fingerprint density at radius 1 is 1.30 bits per heavy atom. The van der Waals surface area contributed by atoms with Crippen LogP contribution in [0.2, 0.25) is 0 Å². The van der Waals surface area contributed by atoms with Gasteiger partial charge in [-0.25, -0.2) is 0 Å². The molecule has 0 saturated heterocycles. The van der Waals surface area contributed by atoms with E-state index in [2.05, 4.69) is 16.0 Å². The standard InChI is InChI=1S/C24H36N4O5/c1-17(30)20(16-29)28(3)24(32)23(19-10-11-19)27-13-14-33-21-9-5-4-7-18(21)8-6-12-26-22(31)15-25-2/h4-9,16-17,19-20,23,25,27,30H,10-15H2,1-3H3,(H,26,31)/b8-6+. The maximum Gasteiger partial charge on any atom is 0.240 e. The summed E-state index contributed by atoms with van der Waals surface area (Å²) in [5, 5.41) is 18.6. The molecule has 4 N–H and O–H groups in total. The molecule has 0 heterocycles. The average molecular weight is 461 g/mol. The van der Waals surface area contributed by atoms with Gasteiger partial charge in [0.25, 0.3) is 0 Å². The number of carbonyl (C=O) groups excluding carboxylic acids is 3. The normalized spacial score (nSPS) is 16.1. The molecule has 0 spiro atoms. The van der Waals surface area contributed by atoms with Crippen LogP contribution in [0.5, 0.6) is 5.75 Å². The average Bonchev–Trinajstić information content (AvgIpc) is 3.62. The van der Waals surface area contributed by atoms with Crippen molar-refractivity contribution in [2.45, 2.75) is 38.0 Å². The maximum atomic E-state index is 12.9. The molecule has 0 bridgehead atoms. The van der Waals surface area contributed by atoms with Crippen LogP contribution in [0.1, 0.15) is 25.3 Å². The minimum absolute atomic E-state index is 0.0731. The van der Waals surface area contributed by atoms with E-state index in [1.54, 1.807) is 14.1 Å². The second kappa shape index (κ2) is 13.7. The number of aldehydes is 1. The first-order valence-corrected chi connectivity index (χ1v) is 11.3. The maximum absolute atomic E-state index is 12.9. The Labute approximate surface area is 195 Å². The highest BCUT2D eigenvalue weighted by Gasteiger charge is 2.39. The van der Waals surface area contributed by atoms with Crippen molar-refractivity contribution in [2.24, 2.45) is 5.92 Å². The number of hydrogen-bond donors (Lipinski definition) is 4. The Hall–Kier alpha value is -2.75. The summed E-state index contributed by atoms with van der Waals surface area (Å²) in [6.07, 6.45) is 5.34. The van der Waals surface area contributed by atoms with Gasteiger partial charge >= 0.3 is 0 Å². The lowest BCUT2D eigenvalue weighted by molar-refractivity contribution is -0.140. The van der Waals surface area contributed by atoms with Gasteiger partial charge in [-0.1, -0.05) is 30.4 Å². The lowest BCUT2D eigenvalue weighted by atomic mass is 10.1. The van der Waals surface area contributed by atoms with Crippen molar-refractivity contribution in [1.82, 2.24) is 20.9 Å². The summed E-state index contributed by atoms with van der Waals surface area (Å²) in [5.74, 6) is 0.670. The van der Waals surface area contributed by atoms with Crippen molar-refractivity contribution >= 4 is 24.2 Å². The summed E-state index contributed by atoms with van der Waals surface area (Å²) >= 11 is 0. The minimum atomic E-state index is -0.930. The van der Waals surface area contributed by atoms with Gasteiger partial charge in [-0.05, 0) is 38.8 Å². The van der Waals surface area contributed by atoms with Crippen LogP contribution >= 0.6 is 0 Å². The van der Waals surface area contributed by atoms with Gasteiger partial charge in [0.1, 0.15) is 24.7 Å². The van der Waals surface area contributed by atoms with Crippen molar-refractivity contribution < 1.29 is 24.2 Å². The Bertz CT molecular complexity index is 810. The summed E-state index contributed by atoms with van der Waals surface area (Å²) in [5.41, 5.74) is 0.890. The molecule has 0 aromatic heterocycles. The van der Waals surface area contributed by atoms with E-state index in [9.17, 15) is 19.5 Å². The topological polar surface area (TPSA) is 120 Å². The first-order chi connectivity index (χ1) is 15.9. The molecule has 2 rings (SSSR count). The predicted molar refractivity (Wildman–Crippen MR) is 127 cm³/mol. The number of amides is 2. The number of rotatable bonds is 15. The quantitative estimate of drug-likeness (QED) is 0.218. The van der Waals surface area contributed by atoms with Gasteiger partial charge in [0.2, 0.25) is 11.8 Å². The molecule has 33 heavy (non-hydrogen) atoms. The zero-order valence-electron chi connectivity index (χ0n) is 19.6. The first-order valence-electron chi connectivity index (χ1n) is 11.3. The summed E-state index contributed by atoms with van der Waals surface area (Å²) < 4.78 is 5.92. The van der Waals surface area contributed by atoms with Gasteiger partial charge < -0.3 is 35.5 Å². The molecule has 1 aromatic rings. The molecule has 3 atom stereocenters. The fourth-order valence-corrected chi connectivity index (χ4v) is 3.49. The molecular formula is C24H36N4O5. The van der Waals surface area contributed by atoms with E-state index < -0.39 is 18.2 Å². The number of nitrogens with one attached hydrogen (secondary N) is 3. The lowest BCUT2D eigenvalue weighted by Crippen LogP contribution is -2.53. The van der Waals surface area contributed by atoms with E-state index in [1.807, 2.05) is 36.4 Å². The number of carbonyl (C=O) groups is 3. The molecule has 0 radical (unpaired) electrons. The molecule has 1 saturated carbocycles. The van der Waals surface area contributed by atoms with Crippen molar-refractivity contribution in [3.05, 3.63) is 35.9 Å². The third-order valence-corrected chi connectivity index (χ3v) is 5.48. The Morgan fingerprint density at radius 2 is 2.03 bits per heavy atom. The zero-order chi connectivity index (χ0) is 24.2. The number of ether oxygens (including phenoxy) is 1. The number of hydrogen-bond acceptors (Lipinski definition) is 7. The summed E-state index contributed by atoms with van der Waals surface area (Å²) in [7, 11) is 3.27. The molecule has 0 aliphatic heterocycles. The smallest absolute Gasteiger partial charge is 0.240 e. The van der Waals surface area contributed by atoms with Crippen LogP contribution in [0.15, 0.2) is 30.3 Å². The number of aliphatic hydroxyl groups is 1. The number of aliphatic hydroxyl groups excluding tert-OH is 1. The second-order valence-electron chi connectivity index (χ2n) is 8.21. The van der Waals surface area contributed by atoms with Gasteiger partial charge in [-0.2, -0.15) is 0 Å². The van der Waals surface area contributed by atoms with Crippen molar-refractivity contribution in [3.8, 4) is 5.75 Å². The lowest BCUT2D eigenvalue weighted by Gasteiger charge is -2.30. The second-order valence-corrected chi connectivity index (χ2v) is 8.21. The molecule has 2 amide bonds. The van der Waals surface area contributed by atoms with Crippen LogP contribution in [0.3, 0.4) is 0 Å². The van der Waals surface area contributed by atoms with E-state index in [0.29, 0.717) is 31.7 Å². The number of nitrogens with zero attached hydrogens (tertiary/aromatic N) is 1. The van der Waals surface area contributed by atoms with Crippen molar-refractivity contribution in [3.63, 3.8) is 0 Å². The molecule has 9 heteroatoms. The first kappa shape index (κ1) is 26.5. The minimum Gasteiger partial charge on any atom is -0.492 e. The van der Waals surface area contributed by atoms with Gasteiger partial charge in [0, 0.05) is 25.7 Å². The Kier molecular flexibility index (Phi) is 11.0. The highest BCUT2D eigenvalue weighted by atomic mass is 16.5. The molecule has 182 valence electrons. The third kappa shape index (κ3) is 8.60. The van der Waals surface area contributed by atoms with Crippen LogP contribution in [0.25, 0.3) is 6.08 Å². The number of benzene rings is 1. The molecular weight excluding hydrogens is 424 g/mol. The summed E-state index contributed by atoms with van der Waals surface area (Å²) in [6.45, 7) is 3.01. The molecule has 1 aromatic carbocycles. The highest BCUT2D eigenvalue weighted by molar-refractivity contribution is 5.85. The largest absolute Gasteiger partial charge is 0.492 e. The number of likely N-dealkylation sites (N-methyl/N-ethyl adjacent to an activating group) is 2. The van der Waals surface area contributed by atoms with E-state index in [1.165, 1.54) is 11.8 Å². The monoisotopic (exact) mass is 460 g/mol. The molecule has 1 aliphatic rings. The van der Waals surface area contributed by atoms with Crippen molar-refractivity contribution in [2.75, 3.05) is 40.3 Å². The van der Waals surface area contributed by atoms with Crippen LogP contribution in [0.4, 0.5) is 0 Å². The van der Waals surface area contributed by atoms with E-state index >= 15 is 0 Å². The Balaban J connectivity index is 1.86. The zero-order valence-corrected chi connectivity index (χ0v) is 19.6. The molecule has 1 fully saturated rings. The molecule has 9 nitrogen and oxygen atoms in total. The molecule has 3 unspecified atom stereocenters. The van der Waals surface area contributed by atoms with Gasteiger partial charge in [-0.15, -0.1) is 0 Å². The van der Waals surface area contributed by atoms with E-state index in [-0.39, 0.29) is 24.3 Å². The van der Waals surface area contributed by atoms with Gasteiger partial charge in [0.15, 0.2) is 0 Å². The Morgan fingerprint density at radius 3 is 2.67 bits per heavy atom. The highest BCUT2D eigenvalue weighted by Crippen LogP contribution is 2.33. The van der Waals surface area contributed by atoms with E-state index in [4.69, 9.17) is 4.74 Å². The van der Waals surface area contributed by atoms with Crippen LogP contribution < -0.4 is 20.7 Å². The SMILES string of the molecule is CNCC(=O)NC/C=C/c1ccccc1OCCNC(C(=O)N(C)C(C=O)C(C)O)C1CC1. The van der Waals surface area contributed by atoms with Crippen LogP contribution in [-0.2, 0) is 14.4 Å². The third-order valence-electron chi connectivity index (χ3n) is 5.48.